The second-order valence-corrected chi connectivity index (χ2v) is 15.8. The van der Waals surface area contributed by atoms with Crippen molar-refractivity contribution in [1.82, 2.24) is 19.9 Å². The molecule has 2 aliphatic rings. The van der Waals surface area contributed by atoms with Crippen LogP contribution in [-0.2, 0) is 5.41 Å². The lowest BCUT2D eigenvalue weighted by molar-refractivity contribution is 0.437. The zero-order chi connectivity index (χ0) is 41.0. The number of benzene rings is 8. The number of hydrogen-bond acceptors (Lipinski definition) is 5. The van der Waals surface area contributed by atoms with Gasteiger partial charge in [0.1, 0.15) is 11.5 Å². The van der Waals surface area contributed by atoms with Gasteiger partial charge in [-0.25, -0.2) is 15.0 Å². The Morgan fingerprint density at radius 1 is 0.290 bits per heavy atom. The molecule has 0 amide bonds. The van der Waals surface area contributed by atoms with Crippen LogP contribution in [0.2, 0.25) is 0 Å². The van der Waals surface area contributed by atoms with Crippen molar-refractivity contribution in [2.24, 2.45) is 0 Å². The van der Waals surface area contributed by atoms with E-state index in [1.54, 1.807) is 0 Å². The summed E-state index contributed by atoms with van der Waals surface area (Å²) in [4.78, 5) is 19.2. The maximum Gasteiger partial charge on any atom is 0.164 e. The van der Waals surface area contributed by atoms with Crippen LogP contribution in [0, 0.1) is 0 Å². The Labute approximate surface area is 359 Å². The molecule has 0 saturated carbocycles. The highest BCUT2D eigenvalue weighted by Crippen LogP contribution is 2.62. The smallest absolute Gasteiger partial charge is 0.164 e. The van der Waals surface area contributed by atoms with Crippen molar-refractivity contribution in [3.05, 3.63) is 241 Å². The lowest BCUT2D eigenvalue weighted by Gasteiger charge is -2.39. The maximum absolute atomic E-state index is 7.05. The first-order chi connectivity index (χ1) is 30.7. The van der Waals surface area contributed by atoms with Crippen molar-refractivity contribution < 1.29 is 4.74 Å². The summed E-state index contributed by atoms with van der Waals surface area (Å²) < 4.78 is 7.05. The van der Waals surface area contributed by atoms with Crippen LogP contribution in [0.15, 0.2) is 219 Å². The first-order valence-corrected chi connectivity index (χ1v) is 20.9. The fourth-order valence-electron chi connectivity index (χ4n) is 9.47. The molecule has 0 atom stereocenters. The topological polar surface area (TPSA) is 60.8 Å². The predicted octanol–water partition coefficient (Wildman–Crippen LogP) is 13.7. The molecule has 0 unspecified atom stereocenters. The van der Waals surface area contributed by atoms with E-state index in [4.69, 9.17) is 19.7 Å². The van der Waals surface area contributed by atoms with E-state index in [1.165, 1.54) is 22.3 Å². The Morgan fingerprint density at radius 2 is 0.694 bits per heavy atom. The minimum absolute atomic E-state index is 0.552. The number of nitrogens with zero attached hydrogens (tertiary/aromatic N) is 4. The third kappa shape index (κ3) is 5.78. The van der Waals surface area contributed by atoms with Crippen molar-refractivity contribution in [3.8, 4) is 90.2 Å². The van der Waals surface area contributed by atoms with E-state index in [-0.39, 0.29) is 0 Å². The third-order valence-corrected chi connectivity index (χ3v) is 12.3. The van der Waals surface area contributed by atoms with Gasteiger partial charge < -0.3 is 4.74 Å². The monoisotopic (exact) mass is 792 g/mol. The molecule has 3 heterocycles. The molecule has 8 aromatic carbocycles. The molecule has 0 bridgehead atoms. The van der Waals surface area contributed by atoms with E-state index in [9.17, 15) is 0 Å². The summed E-state index contributed by atoms with van der Waals surface area (Å²) >= 11 is 0. The third-order valence-electron chi connectivity index (χ3n) is 12.3. The molecule has 0 saturated heterocycles. The minimum Gasteiger partial charge on any atom is -0.457 e. The number of aromatic nitrogens is 4. The summed E-state index contributed by atoms with van der Waals surface area (Å²) in [6.45, 7) is 0. The Kier molecular flexibility index (Phi) is 8.32. The van der Waals surface area contributed by atoms with Gasteiger partial charge in [0.15, 0.2) is 17.5 Å². The average molecular weight is 793 g/mol. The van der Waals surface area contributed by atoms with E-state index in [2.05, 4.69) is 138 Å². The number of pyridine rings is 1. The fraction of sp³-hybridized carbons (Fsp3) is 0.0175. The van der Waals surface area contributed by atoms with Crippen LogP contribution < -0.4 is 4.74 Å². The van der Waals surface area contributed by atoms with Crippen LogP contribution in [0.5, 0.6) is 11.5 Å². The summed E-state index contributed by atoms with van der Waals surface area (Å²) in [5, 5.41) is 0. The minimum atomic E-state index is -0.552. The van der Waals surface area contributed by atoms with Crippen LogP contribution in [0.25, 0.3) is 78.7 Å². The molecule has 62 heavy (non-hydrogen) atoms. The van der Waals surface area contributed by atoms with Gasteiger partial charge >= 0.3 is 0 Å². The zero-order valence-corrected chi connectivity index (χ0v) is 33.5. The van der Waals surface area contributed by atoms with E-state index >= 15 is 0 Å². The van der Waals surface area contributed by atoms with Gasteiger partial charge in [0, 0.05) is 40.2 Å². The Balaban J connectivity index is 0.965. The maximum atomic E-state index is 7.05. The number of rotatable bonds is 6. The highest BCUT2D eigenvalue weighted by Gasteiger charge is 2.51. The Bertz CT molecular complexity index is 3230. The first kappa shape index (κ1) is 35.6. The second-order valence-electron chi connectivity index (χ2n) is 15.8. The molecule has 1 aliphatic carbocycles. The van der Waals surface area contributed by atoms with Crippen molar-refractivity contribution in [1.29, 1.82) is 0 Å². The quantitative estimate of drug-likeness (QED) is 0.168. The fourth-order valence-corrected chi connectivity index (χ4v) is 9.47. The Hall–Kier alpha value is -8.28. The van der Waals surface area contributed by atoms with Crippen molar-refractivity contribution in [3.63, 3.8) is 0 Å². The highest BCUT2D eigenvalue weighted by molar-refractivity contribution is 5.90. The Morgan fingerprint density at radius 3 is 1.23 bits per heavy atom. The molecule has 1 spiro atoms. The van der Waals surface area contributed by atoms with Crippen LogP contribution in [0.1, 0.15) is 22.3 Å². The molecule has 5 nitrogen and oxygen atoms in total. The molecule has 0 radical (unpaired) electrons. The lowest BCUT2D eigenvalue weighted by atomic mass is 9.65. The van der Waals surface area contributed by atoms with Gasteiger partial charge in [0.05, 0.1) is 5.41 Å². The zero-order valence-electron chi connectivity index (χ0n) is 33.5. The molecule has 0 fully saturated rings. The molecular weight excluding hydrogens is 757 g/mol. The molecular formula is C57H36N4O. The van der Waals surface area contributed by atoms with Gasteiger partial charge in [0.2, 0.25) is 0 Å². The summed E-state index contributed by atoms with van der Waals surface area (Å²) in [6, 6.07) is 72.5. The highest BCUT2D eigenvalue weighted by atomic mass is 16.5. The van der Waals surface area contributed by atoms with Gasteiger partial charge in [-0.1, -0.05) is 170 Å². The lowest BCUT2D eigenvalue weighted by Crippen LogP contribution is -2.32. The largest absolute Gasteiger partial charge is 0.457 e. The average Bonchev–Trinajstić information content (AvgIpc) is 3.65. The van der Waals surface area contributed by atoms with Crippen molar-refractivity contribution in [2.45, 2.75) is 5.41 Å². The number of fused-ring (bicyclic) bond motifs is 9. The van der Waals surface area contributed by atoms with Gasteiger partial charge in [0.25, 0.3) is 0 Å². The van der Waals surface area contributed by atoms with Crippen LogP contribution in [-0.4, -0.2) is 19.9 Å². The molecule has 10 aromatic rings. The summed E-state index contributed by atoms with van der Waals surface area (Å²) in [7, 11) is 0. The molecule has 290 valence electrons. The first-order valence-electron chi connectivity index (χ1n) is 20.9. The van der Waals surface area contributed by atoms with E-state index in [1.807, 2.05) is 85.2 Å². The molecule has 0 N–H and O–H groups in total. The van der Waals surface area contributed by atoms with Crippen LogP contribution in [0.3, 0.4) is 0 Å². The molecule has 5 heteroatoms. The van der Waals surface area contributed by atoms with Crippen molar-refractivity contribution >= 4 is 0 Å². The van der Waals surface area contributed by atoms with E-state index < -0.39 is 5.41 Å². The standard InChI is InChI=1S/C57H36N4O/c1-3-13-38(14-4-1)54-59-55(39-15-5-2-6-16-39)61-56(60-54)45-20-12-19-42(34-45)40-17-11-18-41(33-40)44-26-28-51-53(36-44)62-52-35-43(37-29-31-58-32-30-37)25-27-50(52)57(51)48-23-9-7-21-46(48)47-22-8-10-24-49(47)57/h1-36H. The van der Waals surface area contributed by atoms with Crippen LogP contribution >= 0.6 is 0 Å². The van der Waals surface area contributed by atoms with E-state index in [0.717, 1.165) is 72.7 Å². The van der Waals surface area contributed by atoms with Crippen molar-refractivity contribution in [2.75, 3.05) is 0 Å². The predicted molar refractivity (Wildman–Crippen MR) is 248 cm³/mol. The summed E-state index contributed by atoms with van der Waals surface area (Å²) in [5.74, 6) is 3.60. The second kappa shape index (κ2) is 14.5. The van der Waals surface area contributed by atoms with Gasteiger partial charge in [-0.15, -0.1) is 0 Å². The summed E-state index contributed by atoms with van der Waals surface area (Å²) in [6.07, 6.45) is 3.67. The van der Waals surface area contributed by atoms with Gasteiger partial charge in [-0.2, -0.15) is 0 Å². The molecule has 2 aromatic heterocycles. The summed E-state index contributed by atoms with van der Waals surface area (Å²) in [5.41, 5.74) is 16.1. The normalized spacial score (nSPS) is 12.8. The SMILES string of the molecule is c1ccc(-c2nc(-c3ccccc3)nc(-c3cccc(-c4cccc(-c5ccc6c(c5)Oc5cc(-c7ccncc7)ccc5C65c6ccccc6-c6ccccc65)c4)c3)n2)cc1. The van der Waals surface area contributed by atoms with Crippen LogP contribution in [0.4, 0.5) is 0 Å². The number of hydrogen-bond donors (Lipinski definition) is 0. The van der Waals surface area contributed by atoms with Gasteiger partial charge in [-0.05, 0) is 92.0 Å². The number of ether oxygens (including phenoxy) is 1. The molecule has 1 aliphatic heterocycles. The van der Waals surface area contributed by atoms with E-state index in [0.29, 0.717) is 17.5 Å². The molecule has 12 rings (SSSR count). The van der Waals surface area contributed by atoms with Gasteiger partial charge in [-0.3, -0.25) is 4.98 Å².